The van der Waals surface area contributed by atoms with Crippen molar-refractivity contribution in [2.75, 3.05) is 20.8 Å². The predicted molar refractivity (Wildman–Crippen MR) is 116 cm³/mol. The highest BCUT2D eigenvalue weighted by Gasteiger charge is 2.37. The summed E-state index contributed by atoms with van der Waals surface area (Å²) in [6.45, 7) is 5.78. The molecular formula is C23H27N3O7. The van der Waals surface area contributed by atoms with Crippen LogP contribution < -0.4 is 9.47 Å². The van der Waals surface area contributed by atoms with Gasteiger partial charge in [-0.1, -0.05) is 18.2 Å². The van der Waals surface area contributed by atoms with Crippen LogP contribution in [0.5, 0.6) is 11.6 Å². The normalized spacial score (nSPS) is 15.7. The first-order valence-corrected chi connectivity index (χ1v) is 10.5. The van der Waals surface area contributed by atoms with E-state index in [0.29, 0.717) is 19.4 Å². The minimum atomic E-state index is -0.838. The van der Waals surface area contributed by atoms with E-state index >= 15 is 0 Å². The Morgan fingerprint density at radius 3 is 2.33 bits per heavy atom. The van der Waals surface area contributed by atoms with Crippen LogP contribution in [-0.2, 0) is 9.47 Å². The average molecular weight is 457 g/mol. The van der Waals surface area contributed by atoms with Crippen LogP contribution in [0.2, 0.25) is 0 Å². The smallest absolute Gasteiger partial charge is 0.410 e. The maximum atomic E-state index is 12.7. The van der Waals surface area contributed by atoms with Gasteiger partial charge in [0.25, 0.3) is 5.88 Å². The number of methoxy groups -OCH3 is 2. The lowest BCUT2D eigenvalue weighted by atomic mass is 10.2. The van der Waals surface area contributed by atoms with E-state index in [-0.39, 0.29) is 28.7 Å². The molecule has 2 heterocycles. The Labute approximate surface area is 191 Å². The van der Waals surface area contributed by atoms with Crippen molar-refractivity contribution in [3.8, 4) is 11.6 Å². The number of carbonyl (C=O) groups excluding carboxylic acids is 3. The topological polar surface area (TPSA) is 117 Å². The Hall–Kier alpha value is -3.69. The molecular weight excluding hydrogens is 430 g/mol. The number of rotatable bonds is 5. The van der Waals surface area contributed by atoms with Gasteiger partial charge in [0.1, 0.15) is 5.60 Å². The van der Waals surface area contributed by atoms with E-state index < -0.39 is 29.7 Å². The number of aromatic nitrogens is 2. The van der Waals surface area contributed by atoms with Crippen molar-refractivity contribution >= 4 is 18.0 Å². The fourth-order valence-electron chi connectivity index (χ4n) is 3.36. The van der Waals surface area contributed by atoms with Crippen molar-refractivity contribution in [2.45, 2.75) is 45.3 Å². The molecule has 0 spiro atoms. The molecule has 1 aliphatic heterocycles. The zero-order valence-electron chi connectivity index (χ0n) is 19.3. The molecule has 1 aliphatic rings. The molecule has 0 radical (unpaired) electrons. The molecule has 1 aromatic carbocycles. The van der Waals surface area contributed by atoms with Crippen LogP contribution in [-0.4, -0.2) is 59.3 Å². The second-order valence-corrected chi connectivity index (χ2v) is 8.35. The first-order valence-electron chi connectivity index (χ1n) is 10.5. The van der Waals surface area contributed by atoms with Crippen LogP contribution in [0, 0.1) is 0 Å². The number of likely N-dealkylation sites (tertiary alicyclic amines) is 1. The largest absolute Gasteiger partial charge is 0.478 e. The van der Waals surface area contributed by atoms with Crippen LogP contribution in [0.1, 0.15) is 66.3 Å². The fraction of sp³-hybridized carbons (Fsp3) is 0.435. The summed E-state index contributed by atoms with van der Waals surface area (Å²) in [6.07, 6.45) is 0.756. The number of ether oxygens (including phenoxy) is 4. The van der Waals surface area contributed by atoms with E-state index in [4.69, 9.17) is 18.9 Å². The van der Waals surface area contributed by atoms with Gasteiger partial charge < -0.3 is 18.9 Å². The molecule has 1 amide bonds. The molecule has 10 heteroatoms. The number of amides is 1. The number of hydrogen-bond donors (Lipinski definition) is 0. The van der Waals surface area contributed by atoms with E-state index in [1.54, 1.807) is 51.1 Å². The molecule has 33 heavy (non-hydrogen) atoms. The molecule has 0 saturated carbocycles. The molecule has 1 fully saturated rings. The molecule has 10 nitrogen and oxygen atoms in total. The third kappa shape index (κ3) is 5.57. The number of hydrogen-bond acceptors (Lipinski definition) is 9. The van der Waals surface area contributed by atoms with Crippen LogP contribution in [0.4, 0.5) is 4.79 Å². The summed E-state index contributed by atoms with van der Waals surface area (Å²) in [6, 6.07) is 7.71. The molecule has 3 rings (SSSR count). The number of esters is 2. The van der Waals surface area contributed by atoms with Crippen molar-refractivity contribution in [1.82, 2.24) is 14.9 Å². The second-order valence-electron chi connectivity index (χ2n) is 8.35. The first-order chi connectivity index (χ1) is 15.6. The lowest BCUT2D eigenvalue weighted by Crippen LogP contribution is -2.37. The maximum Gasteiger partial charge on any atom is 0.410 e. The summed E-state index contributed by atoms with van der Waals surface area (Å²) < 4.78 is 21.1. The number of benzene rings is 1. The summed E-state index contributed by atoms with van der Waals surface area (Å²) in [5.74, 6) is -1.78. The van der Waals surface area contributed by atoms with E-state index in [2.05, 4.69) is 9.97 Å². The Bertz CT molecular complexity index is 1030. The Morgan fingerprint density at radius 2 is 1.73 bits per heavy atom. The third-order valence-electron chi connectivity index (χ3n) is 4.81. The predicted octanol–water partition coefficient (Wildman–Crippen LogP) is 3.56. The van der Waals surface area contributed by atoms with E-state index in [1.807, 2.05) is 0 Å². The summed E-state index contributed by atoms with van der Waals surface area (Å²) in [5.41, 5.74) is -0.680. The Morgan fingerprint density at radius 1 is 1.03 bits per heavy atom. The second kappa shape index (κ2) is 9.85. The van der Waals surface area contributed by atoms with Crippen molar-refractivity contribution in [3.05, 3.63) is 47.4 Å². The quantitative estimate of drug-likeness (QED) is 0.621. The zero-order valence-corrected chi connectivity index (χ0v) is 19.3. The number of carbonyl (C=O) groups is 3. The van der Waals surface area contributed by atoms with Crippen LogP contribution in [0.15, 0.2) is 30.3 Å². The van der Waals surface area contributed by atoms with E-state index in [1.165, 1.54) is 19.1 Å². The van der Waals surface area contributed by atoms with E-state index in [9.17, 15) is 14.4 Å². The van der Waals surface area contributed by atoms with Gasteiger partial charge in [0.05, 0.1) is 25.8 Å². The van der Waals surface area contributed by atoms with Crippen molar-refractivity contribution in [1.29, 1.82) is 0 Å². The Kier molecular flexibility index (Phi) is 7.15. The van der Waals surface area contributed by atoms with Gasteiger partial charge >= 0.3 is 18.0 Å². The van der Waals surface area contributed by atoms with Gasteiger partial charge in [-0.25, -0.2) is 19.4 Å². The van der Waals surface area contributed by atoms with Gasteiger partial charge in [0.15, 0.2) is 11.5 Å². The van der Waals surface area contributed by atoms with E-state index in [0.717, 1.165) is 0 Å². The number of nitrogens with zero attached hydrogens (tertiary/aromatic N) is 3. The van der Waals surface area contributed by atoms with Gasteiger partial charge in [-0.2, -0.15) is 4.98 Å². The molecule has 176 valence electrons. The van der Waals surface area contributed by atoms with Gasteiger partial charge in [-0.15, -0.1) is 0 Å². The van der Waals surface area contributed by atoms with Gasteiger partial charge in [0.2, 0.25) is 5.75 Å². The average Bonchev–Trinajstić information content (AvgIpc) is 3.28. The summed E-state index contributed by atoms with van der Waals surface area (Å²) in [7, 11) is 2.51. The van der Waals surface area contributed by atoms with Crippen LogP contribution in [0.3, 0.4) is 0 Å². The molecule has 1 saturated heterocycles. The minimum absolute atomic E-state index is 0.124. The molecule has 0 bridgehead atoms. The highest BCUT2D eigenvalue weighted by Crippen LogP contribution is 2.36. The van der Waals surface area contributed by atoms with Gasteiger partial charge in [-0.3, -0.25) is 4.90 Å². The lowest BCUT2D eigenvalue weighted by molar-refractivity contribution is 0.0217. The third-order valence-corrected chi connectivity index (χ3v) is 4.81. The highest BCUT2D eigenvalue weighted by molar-refractivity contribution is 5.95. The van der Waals surface area contributed by atoms with Crippen LogP contribution >= 0.6 is 0 Å². The van der Waals surface area contributed by atoms with Crippen molar-refractivity contribution in [3.63, 3.8) is 0 Å². The van der Waals surface area contributed by atoms with Crippen molar-refractivity contribution in [2.24, 2.45) is 0 Å². The molecule has 1 atom stereocenters. The summed E-state index contributed by atoms with van der Waals surface area (Å²) in [4.78, 5) is 48.0. The minimum Gasteiger partial charge on any atom is -0.478 e. The lowest BCUT2D eigenvalue weighted by Gasteiger charge is -2.28. The molecule has 0 N–H and O–H groups in total. The monoisotopic (exact) mass is 457 g/mol. The Balaban J connectivity index is 2.00. The maximum absolute atomic E-state index is 12.7. The molecule has 0 unspecified atom stereocenters. The van der Waals surface area contributed by atoms with Crippen LogP contribution in [0.25, 0.3) is 0 Å². The van der Waals surface area contributed by atoms with Crippen molar-refractivity contribution < 1.29 is 33.3 Å². The molecule has 2 aromatic rings. The fourth-order valence-corrected chi connectivity index (χ4v) is 3.36. The molecule has 0 aliphatic carbocycles. The summed E-state index contributed by atoms with van der Waals surface area (Å²) >= 11 is 0. The summed E-state index contributed by atoms with van der Waals surface area (Å²) in [5, 5.41) is 0. The van der Waals surface area contributed by atoms with Gasteiger partial charge in [-0.05, 0) is 45.7 Å². The SMILES string of the molecule is COC(=O)c1nc([C@@H]2CCCN2C(=O)OC(C)(C)C)nc(OC)c1OC(=O)c1ccccc1. The van der Waals surface area contributed by atoms with Gasteiger partial charge in [0, 0.05) is 6.54 Å². The highest BCUT2D eigenvalue weighted by atomic mass is 16.6. The zero-order chi connectivity index (χ0) is 24.2. The first kappa shape index (κ1) is 24.0. The molecule has 1 aromatic heterocycles. The standard InChI is InChI=1S/C23H27N3O7/c1-23(2,3)33-22(29)26-13-9-12-15(26)18-24-16(21(28)31-5)17(19(25-18)30-4)32-20(27)14-10-7-6-8-11-14/h6-8,10-11,15H,9,12-13H2,1-5H3/t15-/m0/s1.